The third kappa shape index (κ3) is 2.62. The van der Waals surface area contributed by atoms with Crippen molar-refractivity contribution >= 4 is 5.78 Å². The smallest absolute Gasteiger partial charge is 0.180 e. The first-order valence-corrected chi connectivity index (χ1v) is 2.85. The van der Waals surface area contributed by atoms with Crippen LogP contribution in [0.4, 0.5) is 0 Å². The quantitative estimate of drug-likeness (QED) is 0.477. The lowest BCUT2D eigenvalue weighted by Gasteiger charge is -2.09. The minimum Gasteiger partial charge on any atom is -0.384 e. The topological polar surface area (TPSA) is 57.5 Å². The third-order valence-electron chi connectivity index (χ3n) is 1.10. The zero-order valence-electron chi connectivity index (χ0n) is 6.01. The molecule has 3 heteroatoms. The summed E-state index contributed by atoms with van der Waals surface area (Å²) in [6.07, 6.45) is 0. The number of hydrogen-bond donors (Lipinski definition) is 2. The molecule has 0 fully saturated rings. The Hall–Kier alpha value is -0.850. The fourth-order valence-corrected chi connectivity index (χ4v) is 0.300. The zero-order valence-corrected chi connectivity index (χ0v) is 6.01. The van der Waals surface area contributed by atoms with Gasteiger partial charge in [0.2, 0.25) is 0 Å². The molecule has 0 heterocycles. The third-order valence-corrected chi connectivity index (χ3v) is 1.10. The van der Waals surface area contributed by atoms with Crippen molar-refractivity contribution in [3.63, 3.8) is 0 Å². The molecule has 0 aliphatic carbocycles. The van der Waals surface area contributed by atoms with Crippen LogP contribution in [0.3, 0.4) is 0 Å². The monoisotopic (exact) mass is 142 g/mol. The fourth-order valence-electron chi connectivity index (χ4n) is 0.300. The molecule has 56 valence electrons. The summed E-state index contributed by atoms with van der Waals surface area (Å²) in [6, 6.07) is 0. The Morgan fingerprint density at radius 2 is 2.20 bits per heavy atom. The Balaban J connectivity index is 4.26. The summed E-state index contributed by atoms with van der Waals surface area (Å²) in [4.78, 5) is 10.5. The van der Waals surface area contributed by atoms with E-state index in [1.807, 2.05) is 0 Å². The van der Waals surface area contributed by atoms with Crippen LogP contribution in [0.15, 0.2) is 0 Å². The number of rotatable bonds is 1. The summed E-state index contributed by atoms with van der Waals surface area (Å²) < 4.78 is 0. The molecule has 0 rings (SSSR count). The molecule has 2 N–H and O–H groups in total. The number of carbonyl (C=O) groups excluding carboxylic acids is 1. The normalized spacial score (nSPS) is 14.8. The second kappa shape index (κ2) is 3.35. The highest BCUT2D eigenvalue weighted by Gasteiger charge is 2.22. The molecule has 0 spiro atoms. The van der Waals surface area contributed by atoms with E-state index in [9.17, 15) is 4.79 Å². The Morgan fingerprint density at radius 1 is 1.70 bits per heavy atom. The summed E-state index contributed by atoms with van der Waals surface area (Å²) >= 11 is 0. The van der Waals surface area contributed by atoms with E-state index in [1.165, 1.54) is 13.8 Å². The van der Waals surface area contributed by atoms with E-state index in [4.69, 9.17) is 10.2 Å². The average Bonchev–Trinajstić information content (AvgIpc) is 1.84. The van der Waals surface area contributed by atoms with Crippen LogP contribution in [0.5, 0.6) is 0 Å². The summed E-state index contributed by atoms with van der Waals surface area (Å²) in [6.45, 7) is 2.19. The van der Waals surface area contributed by atoms with Gasteiger partial charge in [-0.15, -0.1) is 0 Å². The molecular formula is C7H10O3. The molecule has 1 unspecified atom stereocenters. The van der Waals surface area contributed by atoms with Crippen molar-refractivity contribution in [2.75, 3.05) is 6.61 Å². The van der Waals surface area contributed by atoms with Crippen molar-refractivity contribution < 1.29 is 15.0 Å². The predicted octanol–water partition coefficient (Wildman–Crippen LogP) is -0.678. The van der Waals surface area contributed by atoms with E-state index in [0.29, 0.717) is 0 Å². The molecule has 0 aliphatic rings. The van der Waals surface area contributed by atoms with Gasteiger partial charge in [0.25, 0.3) is 0 Å². The van der Waals surface area contributed by atoms with Crippen molar-refractivity contribution in [3.05, 3.63) is 0 Å². The molecular weight excluding hydrogens is 132 g/mol. The lowest BCUT2D eigenvalue weighted by molar-refractivity contribution is -0.128. The van der Waals surface area contributed by atoms with Gasteiger partial charge in [0.15, 0.2) is 11.4 Å². The van der Waals surface area contributed by atoms with Crippen LogP contribution in [0.1, 0.15) is 13.8 Å². The lowest BCUT2D eigenvalue weighted by atomic mass is 10.0. The SMILES string of the molecule is CC(=O)C(C)(O)C#CCO. The van der Waals surface area contributed by atoms with Gasteiger partial charge in [0, 0.05) is 0 Å². The number of ketones is 1. The maximum atomic E-state index is 10.5. The second-order valence-electron chi connectivity index (χ2n) is 2.09. The molecule has 0 saturated heterocycles. The van der Waals surface area contributed by atoms with E-state index in [2.05, 4.69) is 11.8 Å². The molecule has 3 nitrogen and oxygen atoms in total. The van der Waals surface area contributed by atoms with Gasteiger partial charge in [-0.3, -0.25) is 4.79 Å². The fraction of sp³-hybridized carbons (Fsp3) is 0.571. The number of aliphatic hydroxyl groups is 2. The van der Waals surface area contributed by atoms with Crippen LogP contribution in [-0.4, -0.2) is 28.2 Å². The molecule has 0 aromatic carbocycles. The highest BCUT2D eigenvalue weighted by molar-refractivity contribution is 5.87. The molecule has 0 saturated carbocycles. The van der Waals surface area contributed by atoms with Crippen molar-refractivity contribution in [2.24, 2.45) is 0 Å². The van der Waals surface area contributed by atoms with E-state index < -0.39 is 11.4 Å². The van der Waals surface area contributed by atoms with E-state index in [0.717, 1.165) is 0 Å². The molecule has 10 heavy (non-hydrogen) atoms. The molecule has 0 radical (unpaired) electrons. The maximum Gasteiger partial charge on any atom is 0.180 e. The van der Waals surface area contributed by atoms with E-state index >= 15 is 0 Å². The molecule has 0 aromatic heterocycles. The zero-order chi connectivity index (χ0) is 8.20. The van der Waals surface area contributed by atoms with E-state index in [1.54, 1.807) is 0 Å². The molecule has 0 amide bonds. The largest absolute Gasteiger partial charge is 0.384 e. The highest BCUT2D eigenvalue weighted by atomic mass is 16.3. The first-order valence-electron chi connectivity index (χ1n) is 2.85. The minimum absolute atomic E-state index is 0.344. The highest BCUT2D eigenvalue weighted by Crippen LogP contribution is 2.00. The predicted molar refractivity (Wildman–Crippen MR) is 36.2 cm³/mol. The van der Waals surface area contributed by atoms with Crippen LogP contribution < -0.4 is 0 Å². The molecule has 0 bridgehead atoms. The minimum atomic E-state index is -1.61. The van der Waals surface area contributed by atoms with Crippen LogP contribution in [0.2, 0.25) is 0 Å². The van der Waals surface area contributed by atoms with Crippen molar-refractivity contribution in [1.82, 2.24) is 0 Å². The average molecular weight is 142 g/mol. The van der Waals surface area contributed by atoms with Crippen LogP contribution in [-0.2, 0) is 4.79 Å². The Labute approximate surface area is 59.7 Å². The Bertz CT molecular complexity index is 183. The van der Waals surface area contributed by atoms with Crippen LogP contribution in [0, 0.1) is 11.8 Å². The molecule has 0 aromatic rings. The Kier molecular flexibility index (Phi) is 3.07. The van der Waals surface area contributed by atoms with Gasteiger partial charge < -0.3 is 10.2 Å². The van der Waals surface area contributed by atoms with Crippen molar-refractivity contribution in [2.45, 2.75) is 19.4 Å². The summed E-state index contributed by atoms with van der Waals surface area (Å²) in [7, 11) is 0. The lowest BCUT2D eigenvalue weighted by Crippen LogP contribution is -2.30. The van der Waals surface area contributed by atoms with Gasteiger partial charge in [-0.1, -0.05) is 11.8 Å². The number of Topliss-reactive ketones (excluding diaryl/α,β-unsaturated/α-hetero) is 1. The second-order valence-corrected chi connectivity index (χ2v) is 2.09. The summed E-state index contributed by atoms with van der Waals surface area (Å²) in [5.41, 5.74) is -1.61. The van der Waals surface area contributed by atoms with Gasteiger partial charge >= 0.3 is 0 Å². The first-order chi connectivity index (χ1) is 4.50. The number of hydrogen-bond acceptors (Lipinski definition) is 3. The maximum absolute atomic E-state index is 10.5. The van der Waals surface area contributed by atoms with Crippen LogP contribution >= 0.6 is 0 Å². The summed E-state index contributed by atoms with van der Waals surface area (Å²) in [5.74, 6) is 4.00. The van der Waals surface area contributed by atoms with Gasteiger partial charge in [0.1, 0.15) is 6.61 Å². The molecule has 1 atom stereocenters. The Morgan fingerprint density at radius 3 is 2.50 bits per heavy atom. The molecule has 0 aliphatic heterocycles. The van der Waals surface area contributed by atoms with Crippen LogP contribution in [0.25, 0.3) is 0 Å². The van der Waals surface area contributed by atoms with E-state index in [-0.39, 0.29) is 6.61 Å². The van der Waals surface area contributed by atoms with Gasteiger partial charge in [-0.25, -0.2) is 0 Å². The standard InChI is InChI=1S/C7H10O3/c1-6(9)7(2,10)4-3-5-8/h8,10H,5H2,1-2H3. The summed E-state index contributed by atoms with van der Waals surface area (Å²) in [5, 5.41) is 17.3. The van der Waals surface area contributed by atoms with Gasteiger partial charge in [-0.2, -0.15) is 0 Å². The number of aliphatic hydroxyl groups excluding tert-OH is 1. The van der Waals surface area contributed by atoms with Gasteiger partial charge in [0.05, 0.1) is 0 Å². The van der Waals surface area contributed by atoms with Crippen molar-refractivity contribution in [3.8, 4) is 11.8 Å². The van der Waals surface area contributed by atoms with Gasteiger partial charge in [-0.05, 0) is 13.8 Å². The van der Waals surface area contributed by atoms with Crippen molar-refractivity contribution in [1.29, 1.82) is 0 Å². The number of carbonyl (C=O) groups is 1. The first kappa shape index (κ1) is 9.15.